The van der Waals surface area contributed by atoms with Crippen LogP contribution in [0.3, 0.4) is 0 Å². The van der Waals surface area contributed by atoms with Crippen molar-refractivity contribution in [1.82, 2.24) is 4.90 Å². The fourth-order valence-electron chi connectivity index (χ4n) is 3.16. The Morgan fingerprint density at radius 3 is 2.80 bits per heavy atom. The monoisotopic (exact) mass is 432 g/mol. The maximum absolute atomic E-state index is 12.7. The SMILES string of the molecule is CCN(Cc1cccc2c1OCCO2)C(=O)CSCc1ccc(OC)c([N+](=O)[O-])c1. The van der Waals surface area contributed by atoms with E-state index in [4.69, 9.17) is 14.2 Å². The number of nitrogens with zero attached hydrogens (tertiary/aromatic N) is 2. The fraction of sp³-hybridized carbons (Fsp3) is 0.381. The molecule has 30 heavy (non-hydrogen) atoms. The number of nitro benzene ring substituents is 1. The highest BCUT2D eigenvalue weighted by Gasteiger charge is 2.20. The van der Waals surface area contributed by atoms with Crippen LogP contribution < -0.4 is 14.2 Å². The molecule has 9 heteroatoms. The first-order valence-electron chi connectivity index (χ1n) is 9.57. The molecule has 0 aromatic heterocycles. The Hall–Kier alpha value is -2.94. The van der Waals surface area contributed by atoms with E-state index in [0.717, 1.165) is 11.1 Å². The minimum Gasteiger partial charge on any atom is -0.490 e. The summed E-state index contributed by atoms with van der Waals surface area (Å²) in [5, 5.41) is 11.2. The molecule has 0 saturated carbocycles. The highest BCUT2D eigenvalue weighted by atomic mass is 32.2. The molecule has 0 N–H and O–H groups in total. The summed E-state index contributed by atoms with van der Waals surface area (Å²) in [7, 11) is 1.40. The molecule has 1 heterocycles. The number of amides is 1. The van der Waals surface area contributed by atoms with E-state index in [9.17, 15) is 14.9 Å². The van der Waals surface area contributed by atoms with Gasteiger partial charge in [0, 0.05) is 30.5 Å². The molecule has 0 spiro atoms. The van der Waals surface area contributed by atoms with Gasteiger partial charge in [-0.1, -0.05) is 18.2 Å². The van der Waals surface area contributed by atoms with E-state index in [1.54, 1.807) is 17.0 Å². The molecule has 1 amide bonds. The van der Waals surface area contributed by atoms with Gasteiger partial charge in [0.15, 0.2) is 17.2 Å². The number of ether oxygens (including phenoxy) is 3. The van der Waals surface area contributed by atoms with Gasteiger partial charge in [0.25, 0.3) is 0 Å². The Bertz CT molecular complexity index is 920. The Morgan fingerprint density at radius 1 is 1.27 bits per heavy atom. The predicted octanol–water partition coefficient (Wildman–Crippen LogP) is 3.66. The summed E-state index contributed by atoms with van der Waals surface area (Å²) in [4.78, 5) is 25.2. The largest absolute Gasteiger partial charge is 0.490 e. The van der Waals surface area contributed by atoms with Gasteiger partial charge in [0.2, 0.25) is 5.91 Å². The van der Waals surface area contributed by atoms with Crippen molar-refractivity contribution in [3.63, 3.8) is 0 Å². The number of nitro groups is 1. The van der Waals surface area contributed by atoms with Gasteiger partial charge in [-0.05, 0) is 24.6 Å². The molecular formula is C21H24N2O6S. The summed E-state index contributed by atoms with van der Waals surface area (Å²) in [5.41, 5.74) is 1.61. The topological polar surface area (TPSA) is 91.1 Å². The van der Waals surface area contributed by atoms with E-state index in [0.29, 0.717) is 43.6 Å². The standard InChI is InChI=1S/C21H24N2O6S/c1-3-22(12-16-5-4-6-19-21(16)29-10-9-28-19)20(24)14-30-13-15-7-8-18(27-2)17(11-15)23(25)26/h4-8,11H,3,9-10,12-14H2,1-2H3. The van der Waals surface area contributed by atoms with Gasteiger partial charge in [0.05, 0.1) is 17.8 Å². The number of para-hydroxylation sites is 1. The first-order valence-corrected chi connectivity index (χ1v) is 10.7. The third kappa shape index (κ3) is 5.15. The predicted molar refractivity (Wildman–Crippen MR) is 114 cm³/mol. The van der Waals surface area contributed by atoms with E-state index < -0.39 is 4.92 Å². The number of carbonyl (C=O) groups is 1. The normalized spacial score (nSPS) is 12.3. The molecule has 0 bridgehead atoms. The van der Waals surface area contributed by atoms with Crippen LogP contribution in [0.4, 0.5) is 5.69 Å². The van der Waals surface area contributed by atoms with Crippen LogP contribution in [-0.4, -0.2) is 48.4 Å². The number of rotatable bonds is 9. The highest BCUT2D eigenvalue weighted by molar-refractivity contribution is 7.99. The Kier molecular flexibility index (Phi) is 7.40. The van der Waals surface area contributed by atoms with Crippen LogP contribution in [0.2, 0.25) is 0 Å². The third-order valence-electron chi connectivity index (χ3n) is 4.68. The van der Waals surface area contributed by atoms with E-state index in [1.807, 2.05) is 25.1 Å². The molecule has 8 nitrogen and oxygen atoms in total. The number of thioether (sulfide) groups is 1. The van der Waals surface area contributed by atoms with Crippen LogP contribution in [0.25, 0.3) is 0 Å². The van der Waals surface area contributed by atoms with Crippen molar-refractivity contribution >= 4 is 23.4 Å². The maximum Gasteiger partial charge on any atom is 0.311 e. The van der Waals surface area contributed by atoms with E-state index in [-0.39, 0.29) is 23.1 Å². The van der Waals surface area contributed by atoms with Crippen LogP contribution in [-0.2, 0) is 17.1 Å². The van der Waals surface area contributed by atoms with Gasteiger partial charge in [-0.3, -0.25) is 14.9 Å². The second kappa shape index (κ2) is 10.2. The van der Waals surface area contributed by atoms with Gasteiger partial charge < -0.3 is 19.1 Å². The second-order valence-electron chi connectivity index (χ2n) is 6.61. The van der Waals surface area contributed by atoms with Crippen molar-refractivity contribution < 1.29 is 23.9 Å². The molecule has 2 aromatic rings. The van der Waals surface area contributed by atoms with Gasteiger partial charge in [-0.2, -0.15) is 0 Å². The van der Waals surface area contributed by atoms with Crippen LogP contribution in [0, 0.1) is 10.1 Å². The minimum atomic E-state index is -0.469. The number of fused-ring (bicyclic) bond motifs is 1. The molecular weight excluding hydrogens is 408 g/mol. The van der Waals surface area contributed by atoms with Gasteiger partial charge in [-0.15, -0.1) is 11.8 Å². The summed E-state index contributed by atoms with van der Waals surface area (Å²) >= 11 is 1.42. The lowest BCUT2D eigenvalue weighted by Crippen LogP contribution is -2.32. The van der Waals surface area contributed by atoms with Crippen LogP contribution in [0.1, 0.15) is 18.1 Å². The summed E-state index contributed by atoms with van der Waals surface area (Å²) in [6.07, 6.45) is 0. The van der Waals surface area contributed by atoms with E-state index in [1.165, 1.54) is 24.9 Å². The average Bonchev–Trinajstić information content (AvgIpc) is 2.77. The first-order chi connectivity index (χ1) is 14.5. The molecule has 0 fully saturated rings. The molecule has 0 unspecified atom stereocenters. The lowest BCUT2D eigenvalue weighted by atomic mass is 10.1. The summed E-state index contributed by atoms with van der Waals surface area (Å²) in [5.74, 6) is 2.40. The quantitative estimate of drug-likeness (QED) is 0.441. The molecule has 0 atom stereocenters. The smallest absolute Gasteiger partial charge is 0.311 e. The number of hydrogen-bond acceptors (Lipinski definition) is 7. The Morgan fingerprint density at radius 2 is 2.07 bits per heavy atom. The molecule has 2 aromatic carbocycles. The molecule has 1 aliphatic rings. The highest BCUT2D eigenvalue weighted by Crippen LogP contribution is 2.34. The number of carbonyl (C=O) groups excluding carboxylic acids is 1. The number of hydrogen-bond donors (Lipinski definition) is 0. The molecule has 3 rings (SSSR count). The zero-order valence-corrected chi connectivity index (χ0v) is 17.8. The van der Waals surface area contributed by atoms with Crippen molar-refractivity contribution in [2.24, 2.45) is 0 Å². The number of benzene rings is 2. The second-order valence-corrected chi connectivity index (χ2v) is 7.59. The zero-order chi connectivity index (χ0) is 21.5. The van der Waals surface area contributed by atoms with Crippen LogP contribution in [0.5, 0.6) is 17.2 Å². The van der Waals surface area contributed by atoms with Gasteiger partial charge >= 0.3 is 5.69 Å². The Balaban J connectivity index is 1.59. The lowest BCUT2D eigenvalue weighted by Gasteiger charge is -2.25. The van der Waals surface area contributed by atoms with Gasteiger partial charge in [0.1, 0.15) is 13.2 Å². The van der Waals surface area contributed by atoms with Crippen molar-refractivity contribution in [2.75, 3.05) is 32.6 Å². The van der Waals surface area contributed by atoms with E-state index in [2.05, 4.69) is 0 Å². The van der Waals surface area contributed by atoms with Crippen molar-refractivity contribution in [1.29, 1.82) is 0 Å². The average molecular weight is 432 g/mol. The maximum atomic E-state index is 12.7. The fourth-order valence-corrected chi connectivity index (χ4v) is 4.03. The first kappa shape index (κ1) is 21.8. The molecule has 0 aliphatic carbocycles. The molecule has 0 saturated heterocycles. The number of methoxy groups -OCH3 is 1. The van der Waals surface area contributed by atoms with Crippen molar-refractivity contribution in [3.05, 3.63) is 57.6 Å². The summed E-state index contributed by atoms with van der Waals surface area (Å²) in [6, 6.07) is 10.5. The summed E-state index contributed by atoms with van der Waals surface area (Å²) in [6.45, 7) is 3.96. The molecule has 0 radical (unpaired) electrons. The minimum absolute atomic E-state index is 0.000146. The van der Waals surface area contributed by atoms with Crippen molar-refractivity contribution in [2.45, 2.75) is 19.2 Å². The molecule has 160 valence electrons. The molecule has 1 aliphatic heterocycles. The zero-order valence-electron chi connectivity index (χ0n) is 17.0. The van der Waals surface area contributed by atoms with Crippen molar-refractivity contribution in [3.8, 4) is 17.2 Å². The summed E-state index contributed by atoms with van der Waals surface area (Å²) < 4.78 is 16.4. The van der Waals surface area contributed by atoms with Gasteiger partial charge in [-0.25, -0.2) is 0 Å². The lowest BCUT2D eigenvalue weighted by molar-refractivity contribution is -0.385. The van der Waals surface area contributed by atoms with Crippen LogP contribution in [0.15, 0.2) is 36.4 Å². The third-order valence-corrected chi connectivity index (χ3v) is 5.67. The van der Waals surface area contributed by atoms with Crippen LogP contribution >= 0.6 is 11.8 Å². The Labute approximate surface area is 179 Å². The van der Waals surface area contributed by atoms with E-state index >= 15 is 0 Å².